The van der Waals surface area contributed by atoms with Gasteiger partial charge in [0.2, 0.25) is 0 Å². The number of H-pyrrole nitrogens is 1. The Kier molecular flexibility index (Phi) is 5.38. The van der Waals surface area contributed by atoms with E-state index in [1.807, 2.05) is 36.9 Å². The highest BCUT2D eigenvalue weighted by Crippen LogP contribution is 2.24. The minimum absolute atomic E-state index is 0.0460. The molecule has 170 valence electrons. The number of carbonyl (C=O) groups excluding carboxylic acids is 1. The number of nitrogens with zero attached hydrogens (tertiary/aromatic N) is 4. The fraction of sp³-hybridized carbons (Fsp3) is 0.320. The second-order valence-electron chi connectivity index (χ2n) is 8.67. The van der Waals surface area contributed by atoms with E-state index < -0.39 is 0 Å². The Bertz CT molecular complexity index is 1410. The predicted octanol–water partition coefficient (Wildman–Crippen LogP) is 2.41. The van der Waals surface area contributed by atoms with E-state index in [0.717, 1.165) is 65.9 Å². The fourth-order valence-corrected chi connectivity index (χ4v) is 4.78. The van der Waals surface area contributed by atoms with Crippen molar-refractivity contribution in [1.82, 2.24) is 24.8 Å². The summed E-state index contributed by atoms with van der Waals surface area (Å²) in [5.41, 5.74) is 5.39. The molecule has 0 aliphatic carbocycles. The van der Waals surface area contributed by atoms with Gasteiger partial charge in [-0.2, -0.15) is 0 Å². The van der Waals surface area contributed by atoms with Gasteiger partial charge in [0.05, 0.1) is 27.8 Å². The average Bonchev–Trinajstić information content (AvgIpc) is 3.21. The third-order valence-electron chi connectivity index (χ3n) is 6.54. The first-order valence-electron chi connectivity index (χ1n) is 11.2. The minimum atomic E-state index is -0.168. The molecule has 3 aromatic heterocycles. The lowest BCUT2D eigenvalue weighted by Crippen LogP contribution is -2.46. The van der Waals surface area contributed by atoms with Crippen LogP contribution in [0, 0.1) is 6.92 Å². The molecule has 1 amide bonds. The largest absolute Gasteiger partial charge is 0.368 e. The summed E-state index contributed by atoms with van der Waals surface area (Å²) in [6.45, 7) is 6.45. The number of fused-ring (bicyclic) bond motifs is 3. The van der Waals surface area contributed by atoms with Crippen molar-refractivity contribution >= 4 is 33.4 Å². The highest BCUT2D eigenvalue weighted by atomic mass is 16.1. The van der Waals surface area contributed by atoms with Gasteiger partial charge in [0.1, 0.15) is 5.69 Å². The lowest BCUT2D eigenvalue weighted by molar-refractivity contribution is 0.0958. The number of rotatable bonds is 4. The van der Waals surface area contributed by atoms with E-state index in [4.69, 9.17) is 0 Å². The number of amides is 1. The number of nitrogens with one attached hydrogen (secondary N) is 2. The van der Waals surface area contributed by atoms with E-state index >= 15 is 0 Å². The molecule has 0 bridgehead atoms. The summed E-state index contributed by atoms with van der Waals surface area (Å²) in [6.07, 6.45) is 1.93. The van der Waals surface area contributed by atoms with Gasteiger partial charge < -0.3 is 19.8 Å². The van der Waals surface area contributed by atoms with Crippen LogP contribution in [0.2, 0.25) is 0 Å². The molecule has 1 saturated heterocycles. The Morgan fingerprint density at radius 2 is 1.88 bits per heavy atom. The van der Waals surface area contributed by atoms with Crippen LogP contribution < -0.4 is 15.8 Å². The Morgan fingerprint density at radius 3 is 2.61 bits per heavy atom. The molecule has 0 radical (unpaired) electrons. The maximum Gasteiger partial charge on any atom is 0.269 e. The summed E-state index contributed by atoms with van der Waals surface area (Å²) in [5, 5.41) is 4.41. The first-order valence-corrected chi connectivity index (χ1v) is 11.2. The molecule has 0 spiro atoms. The van der Waals surface area contributed by atoms with Crippen molar-refractivity contribution in [3.8, 4) is 0 Å². The smallest absolute Gasteiger partial charge is 0.269 e. The first kappa shape index (κ1) is 21.2. The molecule has 0 saturated carbocycles. The standard InChI is InChI=1S/C25H28N6O2/c1-16-22(7-6-20(27-16)25(33)26-2)31-12-10-30(11-13-31)15-17-4-5-18-21(14-17)28-24(32)19-8-9-29(3)23(18)19/h4-9,14H,10-13,15H2,1-3H3,(H,26,33)(H,28,32). The van der Waals surface area contributed by atoms with Gasteiger partial charge in [0.25, 0.3) is 11.5 Å². The summed E-state index contributed by atoms with van der Waals surface area (Å²) in [5.74, 6) is -0.168. The van der Waals surface area contributed by atoms with Gasteiger partial charge in [-0.15, -0.1) is 0 Å². The second kappa shape index (κ2) is 8.37. The van der Waals surface area contributed by atoms with E-state index in [9.17, 15) is 9.59 Å². The average molecular weight is 445 g/mol. The molecule has 8 nitrogen and oxygen atoms in total. The normalized spacial score (nSPS) is 14.8. The van der Waals surface area contributed by atoms with Crippen LogP contribution >= 0.6 is 0 Å². The lowest BCUT2D eigenvalue weighted by Gasteiger charge is -2.36. The molecule has 0 unspecified atom stereocenters. The summed E-state index contributed by atoms with van der Waals surface area (Å²) < 4.78 is 2.00. The number of aromatic amines is 1. The zero-order chi connectivity index (χ0) is 23.1. The number of anilines is 1. The highest BCUT2D eigenvalue weighted by Gasteiger charge is 2.20. The number of benzene rings is 1. The molecule has 33 heavy (non-hydrogen) atoms. The molecule has 2 N–H and O–H groups in total. The van der Waals surface area contributed by atoms with E-state index in [0.29, 0.717) is 5.69 Å². The number of pyridine rings is 2. The topological polar surface area (TPSA) is 86.3 Å². The van der Waals surface area contributed by atoms with E-state index in [1.54, 1.807) is 13.1 Å². The fourth-order valence-electron chi connectivity index (χ4n) is 4.78. The SMILES string of the molecule is CNC(=O)c1ccc(N2CCN(Cc3ccc4c(c3)[nH]c(=O)c3ccn(C)c34)CC2)c(C)n1. The Hall–Kier alpha value is -3.65. The van der Waals surface area contributed by atoms with Gasteiger partial charge in [-0.1, -0.05) is 12.1 Å². The molecule has 4 aromatic rings. The van der Waals surface area contributed by atoms with Crippen molar-refractivity contribution in [2.24, 2.45) is 7.05 Å². The number of aromatic nitrogens is 3. The zero-order valence-electron chi connectivity index (χ0n) is 19.2. The van der Waals surface area contributed by atoms with Crippen LogP contribution in [0.15, 0.2) is 47.4 Å². The molecule has 8 heteroatoms. The van der Waals surface area contributed by atoms with E-state index in [1.165, 1.54) is 5.56 Å². The Morgan fingerprint density at radius 1 is 1.09 bits per heavy atom. The van der Waals surface area contributed by atoms with Crippen molar-refractivity contribution < 1.29 is 4.79 Å². The van der Waals surface area contributed by atoms with Crippen molar-refractivity contribution in [2.75, 3.05) is 38.1 Å². The molecule has 1 fully saturated rings. The van der Waals surface area contributed by atoms with Gasteiger partial charge in [0, 0.05) is 58.4 Å². The van der Waals surface area contributed by atoms with Crippen molar-refractivity contribution in [2.45, 2.75) is 13.5 Å². The highest BCUT2D eigenvalue weighted by molar-refractivity contribution is 6.03. The molecule has 1 aromatic carbocycles. The van der Waals surface area contributed by atoms with Crippen LogP contribution in [0.3, 0.4) is 0 Å². The van der Waals surface area contributed by atoms with Gasteiger partial charge in [-0.3, -0.25) is 14.5 Å². The van der Waals surface area contributed by atoms with Gasteiger partial charge >= 0.3 is 0 Å². The Labute approximate surface area is 191 Å². The maximum absolute atomic E-state index is 12.5. The third-order valence-corrected chi connectivity index (χ3v) is 6.54. The lowest BCUT2D eigenvalue weighted by atomic mass is 10.1. The summed E-state index contributed by atoms with van der Waals surface area (Å²) in [6, 6.07) is 12.0. The summed E-state index contributed by atoms with van der Waals surface area (Å²) in [7, 11) is 3.58. The van der Waals surface area contributed by atoms with Crippen LogP contribution in [0.25, 0.3) is 21.8 Å². The molecule has 0 atom stereocenters. The van der Waals surface area contributed by atoms with Gasteiger partial charge in [-0.25, -0.2) is 4.98 Å². The molecule has 1 aliphatic rings. The van der Waals surface area contributed by atoms with Crippen LogP contribution in [-0.2, 0) is 13.6 Å². The van der Waals surface area contributed by atoms with Crippen LogP contribution in [-0.4, -0.2) is 58.6 Å². The predicted molar refractivity (Wildman–Crippen MR) is 131 cm³/mol. The van der Waals surface area contributed by atoms with Crippen molar-refractivity contribution in [3.63, 3.8) is 0 Å². The van der Waals surface area contributed by atoms with Gasteiger partial charge in [0.15, 0.2) is 0 Å². The van der Waals surface area contributed by atoms with E-state index in [2.05, 4.69) is 43.3 Å². The monoisotopic (exact) mass is 444 g/mol. The first-order chi connectivity index (χ1) is 15.9. The maximum atomic E-state index is 12.5. The molecular formula is C25H28N6O2. The molecule has 5 rings (SSSR count). The van der Waals surface area contributed by atoms with Crippen LogP contribution in [0.4, 0.5) is 5.69 Å². The van der Waals surface area contributed by atoms with Crippen LogP contribution in [0.5, 0.6) is 0 Å². The molecule has 4 heterocycles. The van der Waals surface area contributed by atoms with Crippen molar-refractivity contribution in [3.05, 3.63) is 69.9 Å². The van der Waals surface area contributed by atoms with Crippen LogP contribution in [0.1, 0.15) is 21.7 Å². The number of hydrogen-bond acceptors (Lipinski definition) is 5. The second-order valence-corrected chi connectivity index (χ2v) is 8.67. The quantitative estimate of drug-likeness (QED) is 0.505. The third kappa shape index (κ3) is 3.87. The Balaban J connectivity index is 1.29. The molecule has 1 aliphatic heterocycles. The summed E-state index contributed by atoms with van der Waals surface area (Å²) >= 11 is 0. The van der Waals surface area contributed by atoms with Crippen molar-refractivity contribution in [1.29, 1.82) is 0 Å². The summed E-state index contributed by atoms with van der Waals surface area (Å²) in [4.78, 5) is 36.6. The number of hydrogen-bond donors (Lipinski definition) is 2. The molecular weight excluding hydrogens is 416 g/mol. The van der Waals surface area contributed by atoms with E-state index in [-0.39, 0.29) is 11.5 Å². The number of piperazine rings is 1. The number of aryl methyl sites for hydroxylation is 2. The van der Waals surface area contributed by atoms with Gasteiger partial charge in [-0.05, 0) is 36.8 Å². The number of carbonyl (C=O) groups is 1. The minimum Gasteiger partial charge on any atom is -0.368 e. The zero-order valence-corrected chi connectivity index (χ0v) is 19.2.